The first-order valence-corrected chi connectivity index (χ1v) is 4.59. The molecule has 66 valence electrons. The first-order valence-electron chi connectivity index (χ1n) is 4.06. The number of allylic oxidation sites excluding steroid dienone is 1. The number of hydrogen-bond acceptors (Lipinski definition) is 1. The van der Waals surface area contributed by atoms with Crippen molar-refractivity contribution in [2.45, 2.75) is 0 Å². The van der Waals surface area contributed by atoms with E-state index >= 15 is 0 Å². The summed E-state index contributed by atoms with van der Waals surface area (Å²) in [7, 11) is 0. The molecule has 0 amide bonds. The molecular formula is C10H9ClN2. The van der Waals surface area contributed by atoms with Gasteiger partial charge in [0.05, 0.1) is 11.0 Å². The van der Waals surface area contributed by atoms with Crippen LogP contribution in [0, 0.1) is 0 Å². The first-order chi connectivity index (χ1) is 6.40. The summed E-state index contributed by atoms with van der Waals surface area (Å²) in [5.41, 5.74) is 3.11. The fraction of sp³-hybridized carbons (Fsp3) is 0.100. The number of H-pyrrole nitrogens is 1. The molecule has 2 rings (SSSR count). The maximum absolute atomic E-state index is 5.53. The zero-order chi connectivity index (χ0) is 9.10. The fourth-order valence-electron chi connectivity index (χ4n) is 1.22. The number of nitrogens with zero attached hydrogens (tertiary/aromatic N) is 1. The van der Waals surface area contributed by atoms with Crippen LogP contribution in [0.2, 0.25) is 0 Å². The number of alkyl halides is 1. The van der Waals surface area contributed by atoms with Crippen molar-refractivity contribution in [2.24, 2.45) is 0 Å². The standard InChI is InChI=1S/C10H9ClN2/c11-4-1-2-8-6-10-9(13-7-8)3-5-12-10/h1-3,5-7,12H,4H2. The molecule has 3 heteroatoms. The van der Waals surface area contributed by atoms with E-state index in [9.17, 15) is 0 Å². The molecule has 0 saturated heterocycles. The summed E-state index contributed by atoms with van der Waals surface area (Å²) in [5.74, 6) is 0.531. The number of halogens is 1. The molecule has 13 heavy (non-hydrogen) atoms. The van der Waals surface area contributed by atoms with Crippen LogP contribution in [0.15, 0.2) is 30.6 Å². The summed E-state index contributed by atoms with van der Waals surface area (Å²) >= 11 is 5.53. The van der Waals surface area contributed by atoms with Crippen molar-refractivity contribution in [1.82, 2.24) is 9.97 Å². The Morgan fingerprint density at radius 3 is 3.31 bits per heavy atom. The van der Waals surface area contributed by atoms with Crippen molar-refractivity contribution < 1.29 is 0 Å². The molecule has 0 aliphatic heterocycles. The number of hydrogen-bond donors (Lipinski definition) is 1. The Labute approximate surface area is 81.3 Å². The topological polar surface area (TPSA) is 28.7 Å². The van der Waals surface area contributed by atoms with E-state index in [1.807, 2.05) is 36.7 Å². The highest BCUT2D eigenvalue weighted by molar-refractivity contribution is 6.19. The maximum atomic E-state index is 5.53. The number of aromatic nitrogens is 2. The second kappa shape index (κ2) is 3.62. The Bertz CT molecular complexity index is 431. The molecule has 2 aromatic rings. The molecule has 2 heterocycles. The number of nitrogens with one attached hydrogen (secondary N) is 1. The van der Waals surface area contributed by atoms with Crippen LogP contribution in [0.4, 0.5) is 0 Å². The number of pyridine rings is 1. The van der Waals surface area contributed by atoms with Crippen LogP contribution < -0.4 is 0 Å². The Morgan fingerprint density at radius 2 is 2.46 bits per heavy atom. The molecule has 0 bridgehead atoms. The van der Waals surface area contributed by atoms with Crippen LogP contribution in [0.3, 0.4) is 0 Å². The van der Waals surface area contributed by atoms with E-state index in [2.05, 4.69) is 9.97 Å². The van der Waals surface area contributed by atoms with Gasteiger partial charge in [-0.15, -0.1) is 11.6 Å². The summed E-state index contributed by atoms with van der Waals surface area (Å²) in [6.45, 7) is 0. The lowest BCUT2D eigenvalue weighted by Crippen LogP contribution is -1.77. The predicted molar refractivity (Wildman–Crippen MR) is 55.8 cm³/mol. The van der Waals surface area contributed by atoms with Gasteiger partial charge >= 0.3 is 0 Å². The lowest BCUT2D eigenvalue weighted by atomic mass is 10.2. The van der Waals surface area contributed by atoms with Crippen molar-refractivity contribution in [3.05, 3.63) is 36.2 Å². The molecule has 2 nitrogen and oxygen atoms in total. The molecule has 0 radical (unpaired) electrons. The first kappa shape index (κ1) is 8.32. The molecular weight excluding hydrogens is 184 g/mol. The van der Waals surface area contributed by atoms with Crippen LogP contribution in [0.1, 0.15) is 5.56 Å². The maximum Gasteiger partial charge on any atom is 0.0879 e. The average Bonchev–Trinajstić information content (AvgIpc) is 2.61. The summed E-state index contributed by atoms with van der Waals surface area (Å²) in [6, 6.07) is 4.00. The van der Waals surface area contributed by atoms with Crippen molar-refractivity contribution in [3.8, 4) is 0 Å². The number of aromatic amines is 1. The SMILES string of the molecule is ClCC=Cc1cnc2cc[nH]c2c1. The molecule has 0 unspecified atom stereocenters. The third kappa shape index (κ3) is 1.73. The zero-order valence-corrected chi connectivity index (χ0v) is 7.75. The van der Waals surface area contributed by atoms with Crippen molar-refractivity contribution in [1.29, 1.82) is 0 Å². The number of fused-ring (bicyclic) bond motifs is 1. The van der Waals surface area contributed by atoms with Gasteiger partial charge in [-0.1, -0.05) is 12.2 Å². The monoisotopic (exact) mass is 192 g/mol. The third-order valence-corrected chi connectivity index (χ3v) is 2.00. The second-order valence-corrected chi connectivity index (χ2v) is 3.04. The predicted octanol–water partition coefficient (Wildman–Crippen LogP) is 2.81. The van der Waals surface area contributed by atoms with Crippen LogP contribution in [0.25, 0.3) is 17.1 Å². The highest BCUT2D eigenvalue weighted by Crippen LogP contribution is 2.11. The van der Waals surface area contributed by atoms with E-state index in [0.717, 1.165) is 16.6 Å². The van der Waals surface area contributed by atoms with Crippen LogP contribution >= 0.6 is 11.6 Å². The molecule has 2 aromatic heterocycles. The van der Waals surface area contributed by atoms with Gasteiger partial charge in [0.25, 0.3) is 0 Å². The van der Waals surface area contributed by atoms with Gasteiger partial charge in [0.1, 0.15) is 0 Å². The van der Waals surface area contributed by atoms with Crippen molar-refractivity contribution in [3.63, 3.8) is 0 Å². The largest absolute Gasteiger partial charge is 0.360 e. The average molecular weight is 193 g/mol. The summed E-state index contributed by atoms with van der Waals surface area (Å²) in [5, 5.41) is 0. The van der Waals surface area contributed by atoms with Crippen molar-refractivity contribution >= 4 is 28.7 Å². The minimum absolute atomic E-state index is 0.531. The summed E-state index contributed by atoms with van der Waals surface area (Å²) < 4.78 is 0. The van der Waals surface area contributed by atoms with Gasteiger partial charge in [-0.25, -0.2) is 0 Å². The Balaban J connectivity index is 2.42. The van der Waals surface area contributed by atoms with E-state index in [4.69, 9.17) is 11.6 Å². The van der Waals surface area contributed by atoms with E-state index in [1.54, 1.807) is 0 Å². The van der Waals surface area contributed by atoms with Crippen LogP contribution in [-0.2, 0) is 0 Å². The van der Waals surface area contributed by atoms with Gasteiger partial charge in [0.2, 0.25) is 0 Å². The smallest absolute Gasteiger partial charge is 0.0879 e. The van der Waals surface area contributed by atoms with Gasteiger partial charge in [-0.3, -0.25) is 4.98 Å². The van der Waals surface area contributed by atoms with Gasteiger partial charge < -0.3 is 4.98 Å². The normalized spacial score (nSPS) is 11.5. The molecule has 0 spiro atoms. The third-order valence-electron chi connectivity index (χ3n) is 1.82. The minimum atomic E-state index is 0.531. The molecule has 0 atom stereocenters. The Morgan fingerprint density at radius 1 is 1.54 bits per heavy atom. The molecule has 0 aromatic carbocycles. The van der Waals surface area contributed by atoms with Crippen molar-refractivity contribution in [2.75, 3.05) is 5.88 Å². The van der Waals surface area contributed by atoms with E-state index in [0.29, 0.717) is 5.88 Å². The molecule has 1 N–H and O–H groups in total. The number of rotatable bonds is 2. The minimum Gasteiger partial charge on any atom is -0.360 e. The lowest BCUT2D eigenvalue weighted by Gasteiger charge is -1.92. The van der Waals surface area contributed by atoms with E-state index in [1.165, 1.54) is 0 Å². The molecule has 0 fully saturated rings. The lowest BCUT2D eigenvalue weighted by molar-refractivity contribution is 1.39. The fourth-order valence-corrected chi connectivity index (χ4v) is 1.31. The Kier molecular flexibility index (Phi) is 2.32. The van der Waals surface area contributed by atoms with Crippen LogP contribution in [0.5, 0.6) is 0 Å². The van der Waals surface area contributed by atoms with Gasteiger partial charge in [-0.05, 0) is 17.7 Å². The van der Waals surface area contributed by atoms with E-state index in [-0.39, 0.29) is 0 Å². The molecule has 0 aliphatic carbocycles. The molecule has 0 saturated carbocycles. The van der Waals surface area contributed by atoms with E-state index < -0.39 is 0 Å². The second-order valence-electron chi connectivity index (χ2n) is 2.74. The van der Waals surface area contributed by atoms with Gasteiger partial charge in [-0.2, -0.15) is 0 Å². The highest BCUT2D eigenvalue weighted by Gasteiger charge is 1.94. The highest BCUT2D eigenvalue weighted by atomic mass is 35.5. The zero-order valence-electron chi connectivity index (χ0n) is 7.00. The Hall–Kier alpha value is -1.28. The summed E-state index contributed by atoms with van der Waals surface area (Å²) in [4.78, 5) is 7.38. The quantitative estimate of drug-likeness (QED) is 0.729. The summed E-state index contributed by atoms with van der Waals surface area (Å²) in [6.07, 6.45) is 7.57. The van der Waals surface area contributed by atoms with Gasteiger partial charge in [0.15, 0.2) is 0 Å². The van der Waals surface area contributed by atoms with Crippen LogP contribution in [-0.4, -0.2) is 15.8 Å². The van der Waals surface area contributed by atoms with Gasteiger partial charge in [0, 0.05) is 18.3 Å². The molecule has 0 aliphatic rings.